The van der Waals surface area contributed by atoms with Crippen LogP contribution in [0.15, 0.2) is 72.4 Å². The molecule has 0 aromatic heterocycles. The van der Waals surface area contributed by atoms with Gasteiger partial charge in [-0.1, -0.05) is 41.5 Å². The van der Waals surface area contributed by atoms with Gasteiger partial charge in [0.25, 0.3) is 11.8 Å². The van der Waals surface area contributed by atoms with Gasteiger partial charge in [0.2, 0.25) is 0 Å². The molecule has 3 aromatic carbocycles. The Hall–Kier alpha value is -3.86. The summed E-state index contributed by atoms with van der Waals surface area (Å²) in [5.74, 6) is -0.683. The van der Waals surface area contributed by atoms with Crippen molar-refractivity contribution in [2.24, 2.45) is 0 Å². The van der Waals surface area contributed by atoms with Crippen LogP contribution in [0.5, 0.6) is 0 Å². The van der Waals surface area contributed by atoms with Crippen molar-refractivity contribution < 1.29 is 9.59 Å². The van der Waals surface area contributed by atoms with Crippen molar-refractivity contribution >= 4 is 34.4 Å². The molecule has 0 fully saturated rings. The molecule has 0 saturated carbocycles. The number of nitrogens with zero attached hydrogens (tertiary/aromatic N) is 2. The van der Waals surface area contributed by atoms with Gasteiger partial charge in [0.15, 0.2) is 0 Å². The molecule has 1 aliphatic heterocycles. The molecule has 4 rings (SSSR count). The van der Waals surface area contributed by atoms with E-state index in [1.165, 1.54) is 4.90 Å². The topological polar surface area (TPSA) is 52.7 Å². The Kier molecular flexibility index (Phi) is 5.57. The lowest BCUT2D eigenvalue weighted by molar-refractivity contribution is -0.120. The molecule has 0 unspecified atom stereocenters. The van der Waals surface area contributed by atoms with Crippen LogP contribution in [-0.4, -0.2) is 25.9 Å². The van der Waals surface area contributed by atoms with Crippen molar-refractivity contribution in [3.05, 3.63) is 94.7 Å². The first-order valence-corrected chi connectivity index (χ1v) is 10.6. The van der Waals surface area contributed by atoms with E-state index in [-0.39, 0.29) is 11.8 Å². The number of imide groups is 1. The van der Waals surface area contributed by atoms with E-state index in [9.17, 15) is 9.59 Å². The van der Waals surface area contributed by atoms with E-state index in [1.807, 2.05) is 94.4 Å². The fraction of sp³-hybridized carbons (Fsp3) is 0.185. The monoisotopic (exact) mass is 425 g/mol. The van der Waals surface area contributed by atoms with E-state index in [4.69, 9.17) is 0 Å². The lowest BCUT2D eigenvalue weighted by atomic mass is 9.97. The zero-order valence-corrected chi connectivity index (χ0v) is 19.1. The molecule has 1 aliphatic rings. The highest BCUT2D eigenvalue weighted by Gasteiger charge is 2.40. The Bertz CT molecular complexity index is 1220. The van der Waals surface area contributed by atoms with E-state index in [0.717, 1.165) is 33.6 Å². The van der Waals surface area contributed by atoms with Crippen LogP contribution < -0.4 is 15.1 Å². The van der Waals surface area contributed by atoms with Gasteiger partial charge in [0.1, 0.15) is 5.70 Å². The smallest absolute Gasteiger partial charge is 0.282 e. The van der Waals surface area contributed by atoms with Gasteiger partial charge < -0.3 is 10.2 Å². The second-order valence-electron chi connectivity index (χ2n) is 8.42. The second kappa shape index (κ2) is 8.35. The SMILES string of the molecule is Cc1ccc(NC2=C(c3ccc(C)cc3C)C(=O)N(c3ccc(N(C)C)cc3)C2=O)cc1. The molecule has 0 spiro atoms. The van der Waals surface area contributed by atoms with E-state index < -0.39 is 0 Å². The molecule has 5 heteroatoms. The zero-order chi connectivity index (χ0) is 23.0. The first-order chi connectivity index (χ1) is 15.3. The number of hydrogen-bond acceptors (Lipinski definition) is 4. The van der Waals surface area contributed by atoms with Crippen LogP contribution in [0.1, 0.15) is 22.3 Å². The molecule has 1 heterocycles. The van der Waals surface area contributed by atoms with Crippen LogP contribution >= 0.6 is 0 Å². The number of nitrogens with one attached hydrogen (secondary N) is 1. The minimum Gasteiger partial charge on any atom is -0.378 e. The number of benzene rings is 3. The van der Waals surface area contributed by atoms with Crippen molar-refractivity contribution in [1.29, 1.82) is 0 Å². The van der Waals surface area contributed by atoms with Crippen LogP contribution in [-0.2, 0) is 9.59 Å². The molecule has 0 bridgehead atoms. The first-order valence-electron chi connectivity index (χ1n) is 10.6. The Morgan fingerprint density at radius 2 is 1.38 bits per heavy atom. The van der Waals surface area contributed by atoms with E-state index in [0.29, 0.717) is 17.0 Å². The third-order valence-corrected chi connectivity index (χ3v) is 5.68. The predicted molar refractivity (Wildman–Crippen MR) is 131 cm³/mol. The summed E-state index contributed by atoms with van der Waals surface area (Å²) in [4.78, 5) is 30.4. The zero-order valence-electron chi connectivity index (χ0n) is 19.1. The highest BCUT2D eigenvalue weighted by Crippen LogP contribution is 2.35. The molecule has 0 saturated heterocycles. The molecule has 162 valence electrons. The molecule has 0 atom stereocenters. The van der Waals surface area contributed by atoms with Crippen molar-refractivity contribution in [1.82, 2.24) is 0 Å². The molecule has 5 nitrogen and oxygen atoms in total. The first kappa shape index (κ1) is 21.4. The highest BCUT2D eigenvalue weighted by molar-refractivity contribution is 6.46. The minimum atomic E-state index is -0.358. The summed E-state index contributed by atoms with van der Waals surface area (Å²) < 4.78 is 0. The summed E-state index contributed by atoms with van der Waals surface area (Å²) in [6.45, 7) is 5.98. The average molecular weight is 426 g/mol. The number of amides is 2. The standard InChI is InChI=1S/C27H27N3O2/c1-17-6-9-20(10-7-17)28-25-24(23-15-8-18(2)16-19(23)3)26(31)30(27(25)32)22-13-11-21(12-14-22)29(4)5/h6-16,28H,1-5H3. The summed E-state index contributed by atoms with van der Waals surface area (Å²) >= 11 is 0. The van der Waals surface area contributed by atoms with Crippen LogP contribution in [0.4, 0.5) is 17.1 Å². The molecular weight excluding hydrogens is 398 g/mol. The Labute approximate surface area is 189 Å². The van der Waals surface area contributed by atoms with Gasteiger partial charge in [-0.25, -0.2) is 4.90 Å². The van der Waals surface area contributed by atoms with Crippen molar-refractivity contribution in [3.8, 4) is 0 Å². The summed E-state index contributed by atoms with van der Waals surface area (Å²) in [6, 6.07) is 21.1. The number of rotatable bonds is 5. The van der Waals surface area contributed by atoms with Crippen LogP contribution in [0.2, 0.25) is 0 Å². The molecule has 0 aliphatic carbocycles. The summed E-state index contributed by atoms with van der Waals surface area (Å²) in [7, 11) is 3.90. The van der Waals surface area contributed by atoms with Gasteiger partial charge in [-0.05, 0) is 68.3 Å². The molecule has 3 aromatic rings. The number of hydrogen-bond donors (Lipinski definition) is 1. The lowest BCUT2D eigenvalue weighted by Gasteiger charge is -2.18. The number of aryl methyl sites for hydroxylation is 3. The second-order valence-corrected chi connectivity index (χ2v) is 8.42. The van der Waals surface area contributed by atoms with Crippen molar-refractivity contribution in [2.45, 2.75) is 20.8 Å². The summed E-state index contributed by atoms with van der Waals surface area (Å²) in [5, 5.41) is 3.23. The van der Waals surface area contributed by atoms with Crippen LogP contribution in [0, 0.1) is 20.8 Å². The molecule has 1 N–H and O–H groups in total. The van der Waals surface area contributed by atoms with Gasteiger partial charge in [-0.3, -0.25) is 9.59 Å². The fourth-order valence-corrected chi connectivity index (χ4v) is 3.91. The maximum absolute atomic E-state index is 13.6. The third-order valence-electron chi connectivity index (χ3n) is 5.68. The largest absolute Gasteiger partial charge is 0.378 e. The van der Waals surface area contributed by atoms with Crippen molar-refractivity contribution in [2.75, 3.05) is 29.2 Å². The Balaban J connectivity index is 1.81. The normalized spacial score (nSPS) is 13.7. The minimum absolute atomic E-state index is 0.294. The van der Waals surface area contributed by atoms with Crippen LogP contribution in [0.25, 0.3) is 5.57 Å². The Morgan fingerprint density at radius 3 is 1.97 bits per heavy atom. The fourth-order valence-electron chi connectivity index (χ4n) is 3.91. The molecule has 2 amide bonds. The average Bonchev–Trinajstić information content (AvgIpc) is 2.99. The van der Waals surface area contributed by atoms with Gasteiger partial charge in [0.05, 0.1) is 11.3 Å². The summed E-state index contributed by atoms with van der Waals surface area (Å²) in [6.07, 6.45) is 0. The van der Waals surface area contributed by atoms with Crippen LogP contribution in [0.3, 0.4) is 0 Å². The highest BCUT2D eigenvalue weighted by atomic mass is 16.2. The van der Waals surface area contributed by atoms with E-state index in [2.05, 4.69) is 5.32 Å². The van der Waals surface area contributed by atoms with E-state index in [1.54, 1.807) is 12.1 Å². The predicted octanol–water partition coefficient (Wildman–Crippen LogP) is 5.07. The maximum atomic E-state index is 13.6. The van der Waals surface area contributed by atoms with Gasteiger partial charge in [-0.2, -0.15) is 0 Å². The Morgan fingerprint density at radius 1 is 0.750 bits per heavy atom. The number of anilines is 3. The molecular formula is C27H27N3O2. The van der Waals surface area contributed by atoms with Gasteiger partial charge >= 0.3 is 0 Å². The molecule has 0 radical (unpaired) electrons. The van der Waals surface area contributed by atoms with E-state index >= 15 is 0 Å². The maximum Gasteiger partial charge on any atom is 0.282 e. The number of carbonyl (C=O) groups excluding carboxylic acids is 2. The number of carbonyl (C=O) groups is 2. The lowest BCUT2D eigenvalue weighted by Crippen LogP contribution is -2.32. The van der Waals surface area contributed by atoms with Gasteiger partial charge in [0, 0.05) is 25.5 Å². The summed E-state index contributed by atoms with van der Waals surface area (Å²) in [5.41, 5.74) is 6.93. The molecule has 32 heavy (non-hydrogen) atoms. The van der Waals surface area contributed by atoms with Crippen molar-refractivity contribution in [3.63, 3.8) is 0 Å². The third kappa shape index (κ3) is 3.89. The quantitative estimate of drug-likeness (QED) is 0.580. The van der Waals surface area contributed by atoms with Gasteiger partial charge in [-0.15, -0.1) is 0 Å².